The molecule has 0 spiro atoms. The van der Waals surface area contributed by atoms with Crippen LogP contribution in [-0.2, 0) is 0 Å². The molecule has 0 aliphatic rings. The average Bonchev–Trinajstić information content (AvgIpc) is 2.21. The highest BCUT2D eigenvalue weighted by Crippen LogP contribution is 2.03. The predicted molar refractivity (Wildman–Crippen MR) is 70.1 cm³/mol. The van der Waals surface area contributed by atoms with Crippen LogP contribution in [0, 0.1) is 0 Å². The highest BCUT2D eigenvalue weighted by atomic mass is 32.1. The van der Waals surface area contributed by atoms with Crippen LogP contribution >= 0.6 is 12.6 Å². The quantitative estimate of drug-likeness (QED) is 0.317. The van der Waals surface area contributed by atoms with Crippen molar-refractivity contribution in [3.05, 3.63) is 24.3 Å². The fourth-order valence-electron chi connectivity index (χ4n) is 1.27. The van der Waals surface area contributed by atoms with Gasteiger partial charge in [0.15, 0.2) is 0 Å². The normalized spacial score (nSPS) is 11.9. The van der Waals surface area contributed by atoms with Gasteiger partial charge in [0.25, 0.3) is 0 Å². The minimum atomic E-state index is 0.956. The van der Waals surface area contributed by atoms with E-state index in [-0.39, 0.29) is 0 Å². The van der Waals surface area contributed by atoms with Crippen LogP contribution in [0.2, 0.25) is 0 Å². The molecule has 82 valence electrons. The second-order valence-corrected chi connectivity index (χ2v) is 3.99. The van der Waals surface area contributed by atoms with Crippen LogP contribution < -0.4 is 0 Å². The molecule has 0 unspecified atom stereocenters. The van der Waals surface area contributed by atoms with Gasteiger partial charge in [-0.25, -0.2) is 0 Å². The summed E-state index contributed by atoms with van der Waals surface area (Å²) < 4.78 is 0. The molecular weight excluding hydrogens is 188 g/mol. The van der Waals surface area contributed by atoms with Gasteiger partial charge in [0.2, 0.25) is 0 Å². The summed E-state index contributed by atoms with van der Waals surface area (Å²) in [6, 6.07) is 0. The number of allylic oxidation sites excluding steroid dienone is 4. The molecule has 0 N–H and O–H groups in total. The number of rotatable bonds is 9. The summed E-state index contributed by atoms with van der Waals surface area (Å²) in [5, 5.41) is 0. The third kappa shape index (κ3) is 11.8. The summed E-state index contributed by atoms with van der Waals surface area (Å²) in [5.74, 6) is 0.956. The Morgan fingerprint density at radius 1 is 0.857 bits per heavy atom. The number of hydrogen-bond acceptors (Lipinski definition) is 1. The Morgan fingerprint density at radius 2 is 1.57 bits per heavy atom. The van der Waals surface area contributed by atoms with Gasteiger partial charge in [-0.05, 0) is 31.4 Å². The Kier molecular flexibility index (Phi) is 12.7. The van der Waals surface area contributed by atoms with E-state index in [0.29, 0.717) is 0 Å². The SMILES string of the molecule is CCCCCCC=CCC=CCCS. The maximum absolute atomic E-state index is 4.14. The molecule has 0 amide bonds. The van der Waals surface area contributed by atoms with Crippen LogP contribution in [0.1, 0.15) is 51.9 Å². The topological polar surface area (TPSA) is 0 Å². The van der Waals surface area contributed by atoms with E-state index in [1.54, 1.807) is 0 Å². The zero-order valence-electron chi connectivity index (χ0n) is 9.41. The number of thiol groups is 1. The summed E-state index contributed by atoms with van der Waals surface area (Å²) in [7, 11) is 0. The number of hydrogen-bond donors (Lipinski definition) is 1. The molecule has 0 heterocycles. The molecule has 0 fully saturated rings. The summed E-state index contributed by atoms with van der Waals surface area (Å²) in [5.41, 5.74) is 0. The third-order valence-corrected chi connectivity index (χ3v) is 2.38. The highest BCUT2D eigenvalue weighted by molar-refractivity contribution is 7.80. The third-order valence-electron chi connectivity index (χ3n) is 2.13. The molecule has 0 atom stereocenters. The van der Waals surface area contributed by atoms with Gasteiger partial charge in [0.1, 0.15) is 0 Å². The average molecular weight is 212 g/mol. The highest BCUT2D eigenvalue weighted by Gasteiger charge is 1.83. The van der Waals surface area contributed by atoms with Gasteiger partial charge in [-0.15, -0.1) is 0 Å². The van der Waals surface area contributed by atoms with E-state index in [0.717, 1.165) is 18.6 Å². The molecule has 0 aromatic rings. The van der Waals surface area contributed by atoms with E-state index in [1.165, 1.54) is 32.1 Å². The van der Waals surface area contributed by atoms with Crippen molar-refractivity contribution in [2.24, 2.45) is 0 Å². The van der Waals surface area contributed by atoms with Gasteiger partial charge in [-0.1, -0.05) is 50.5 Å². The molecule has 0 nitrogen and oxygen atoms in total. The monoisotopic (exact) mass is 212 g/mol. The zero-order valence-corrected chi connectivity index (χ0v) is 10.3. The van der Waals surface area contributed by atoms with Crippen molar-refractivity contribution >= 4 is 12.6 Å². The van der Waals surface area contributed by atoms with Crippen LogP contribution in [-0.4, -0.2) is 5.75 Å². The minimum Gasteiger partial charge on any atom is -0.179 e. The van der Waals surface area contributed by atoms with Crippen LogP contribution in [0.4, 0.5) is 0 Å². The lowest BCUT2D eigenvalue weighted by Crippen LogP contribution is -1.73. The van der Waals surface area contributed by atoms with Crippen LogP contribution in [0.15, 0.2) is 24.3 Å². The smallest absolute Gasteiger partial charge is 0.00633 e. The molecule has 0 saturated heterocycles. The molecular formula is C13H24S. The molecule has 1 heteroatoms. The van der Waals surface area contributed by atoms with Crippen LogP contribution in [0.25, 0.3) is 0 Å². The second-order valence-electron chi connectivity index (χ2n) is 3.54. The summed E-state index contributed by atoms with van der Waals surface area (Å²) >= 11 is 4.14. The molecule has 14 heavy (non-hydrogen) atoms. The van der Waals surface area contributed by atoms with E-state index in [4.69, 9.17) is 0 Å². The van der Waals surface area contributed by atoms with Gasteiger partial charge in [0, 0.05) is 0 Å². The van der Waals surface area contributed by atoms with Gasteiger partial charge >= 0.3 is 0 Å². The molecule has 0 aromatic heterocycles. The standard InChI is InChI=1S/C13H24S/c1-2-3-4-5-6-7-8-9-10-11-12-13-14/h7-8,10-11,14H,2-6,9,12-13H2,1H3. The van der Waals surface area contributed by atoms with Crippen molar-refractivity contribution in [2.75, 3.05) is 5.75 Å². The van der Waals surface area contributed by atoms with Crippen LogP contribution in [0.3, 0.4) is 0 Å². The van der Waals surface area contributed by atoms with E-state index >= 15 is 0 Å². The fourth-order valence-corrected chi connectivity index (χ4v) is 1.42. The van der Waals surface area contributed by atoms with E-state index in [2.05, 4.69) is 43.9 Å². The van der Waals surface area contributed by atoms with E-state index < -0.39 is 0 Å². The molecule has 0 saturated carbocycles. The zero-order chi connectivity index (χ0) is 10.5. The fraction of sp³-hybridized carbons (Fsp3) is 0.692. The lowest BCUT2D eigenvalue weighted by Gasteiger charge is -1.93. The molecule has 0 radical (unpaired) electrons. The number of unbranched alkanes of at least 4 members (excludes halogenated alkanes) is 4. The maximum Gasteiger partial charge on any atom is -0.00633 e. The summed E-state index contributed by atoms with van der Waals surface area (Å²) in [4.78, 5) is 0. The van der Waals surface area contributed by atoms with Crippen molar-refractivity contribution in [3.63, 3.8) is 0 Å². The Balaban J connectivity index is 3.11. The lowest BCUT2D eigenvalue weighted by molar-refractivity contribution is 0.674. The largest absolute Gasteiger partial charge is 0.179 e. The lowest BCUT2D eigenvalue weighted by atomic mass is 10.1. The molecule has 0 bridgehead atoms. The summed E-state index contributed by atoms with van der Waals surface area (Å²) in [6.07, 6.45) is 17.9. The Labute approximate surface area is 94.9 Å². The molecule has 0 aliphatic heterocycles. The van der Waals surface area contributed by atoms with Gasteiger partial charge < -0.3 is 0 Å². The molecule has 0 rings (SSSR count). The van der Waals surface area contributed by atoms with Gasteiger partial charge in [-0.2, -0.15) is 12.6 Å². The Bertz CT molecular complexity index is 147. The van der Waals surface area contributed by atoms with Gasteiger partial charge in [-0.3, -0.25) is 0 Å². The van der Waals surface area contributed by atoms with Crippen molar-refractivity contribution in [1.29, 1.82) is 0 Å². The van der Waals surface area contributed by atoms with Crippen molar-refractivity contribution in [1.82, 2.24) is 0 Å². The first kappa shape index (κ1) is 13.8. The van der Waals surface area contributed by atoms with Crippen molar-refractivity contribution in [2.45, 2.75) is 51.9 Å². The molecule has 0 aliphatic carbocycles. The van der Waals surface area contributed by atoms with Crippen LogP contribution in [0.5, 0.6) is 0 Å². The first-order valence-corrected chi connectivity index (χ1v) is 6.46. The van der Waals surface area contributed by atoms with Crippen molar-refractivity contribution in [3.8, 4) is 0 Å². The van der Waals surface area contributed by atoms with Gasteiger partial charge in [0.05, 0.1) is 0 Å². The molecule has 0 aromatic carbocycles. The summed E-state index contributed by atoms with van der Waals surface area (Å²) in [6.45, 7) is 2.25. The maximum atomic E-state index is 4.14. The van der Waals surface area contributed by atoms with Crippen molar-refractivity contribution < 1.29 is 0 Å². The van der Waals surface area contributed by atoms with E-state index in [1.807, 2.05) is 0 Å². The first-order chi connectivity index (χ1) is 6.91. The Morgan fingerprint density at radius 3 is 2.21 bits per heavy atom. The minimum absolute atomic E-state index is 0.956. The first-order valence-electron chi connectivity index (χ1n) is 5.82. The Hall–Kier alpha value is -0.170. The van der Waals surface area contributed by atoms with E-state index in [9.17, 15) is 0 Å². The second kappa shape index (κ2) is 12.8. The predicted octanol–water partition coefficient (Wildman–Crippen LogP) is 4.78.